The molecule has 23 heavy (non-hydrogen) atoms. The number of nitrogens with zero attached hydrogens (tertiary/aromatic N) is 4. The number of hydrogen-bond acceptors (Lipinski definition) is 5. The summed E-state index contributed by atoms with van der Waals surface area (Å²) in [4.78, 5) is 8.37. The van der Waals surface area contributed by atoms with Crippen LogP contribution in [0.5, 0.6) is 5.75 Å². The van der Waals surface area contributed by atoms with Gasteiger partial charge >= 0.3 is 0 Å². The first-order chi connectivity index (χ1) is 11.1. The number of nitrogen functional groups attached to an aromatic ring is 1. The normalized spacial score (nSPS) is 14.4. The summed E-state index contributed by atoms with van der Waals surface area (Å²) in [5, 5.41) is 4.15. The topological polar surface area (TPSA) is 78.3 Å². The summed E-state index contributed by atoms with van der Waals surface area (Å²) in [6.45, 7) is 0. The van der Waals surface area contributed by atoms with Crippen LogP contribution in [0.3, 0.4) is 0 Å². The minimum absolute atomic E-state index is 0.0710. The number of hydrogen-bond donors (Lipinski definition) is 1. The van der Waals surface area contributed by atoms with Gasteiger partial charge in [0.25, 0.3) is 0 Å². The molecule has 8 heteroatoms. The van der Waals surface area contributed by atoms with Crippen LogP contribution >= 0.6 is 0 Å². The zero-order chi connectivity index (χ0) is 16.1. The van der Waals surface area contributed by atoms with E-state index >= 15 is 0 Å². The van der Waals surface area contributed by atoms with E-state index in [0.29, 0.717) is 28.9 Å². The molecule has 0 amide bonds. The molecule has 1 aliphatic rings. The monoisotopic (exact) mass is 317 g/mol. The summed E-state index contributed by atoms with van der Waals surface area (Å²) in [6, 6.07) is 0.715. The average molecular weight is 317 g/mol. The van der Waals surface area contributed by atoms with Gasteiger partial charge in [-0.05, 0) is 12.8 Å². The van der Waals surface area contributed by atoms with E-state index in [1.54, 1.807) is 13.3 Å². The number of pyridine rings is 1. The number of fused-ring (bicyclic) bond motifs is 1. The lowest BCUT2D eigenvalue weighted by Gasteiger charge is -2.08. The van der Waals surface area contributed by atoms with Gasteiger partial charge in [0.1, 0.15) is 5.69 Å². The maximum atomic E-state index is 14.1. The Kier molecular flexibility index (Phi) is 2.93. The summed E-state index contributed by atoms with van der Waals surface area (Å²) in [6.07, 6.45) is 5.21. The van der Waals surface area contributed by atoms with Crippen LogP contribution in [0.2, 0.25) is 0 Å². The van der Waals surface area contributed by atoms with Crippen molar-refractivity contribution < 1.29 is 13.5 Å². The first kappa shape index (κ1) is 13.9. The van der Waals surface area contributed by atoms with E-state index in [9.17, 15) is 8.78 Å². The van der Waals surface area contributed by atoms with Crippen LogP contribution in [0.25, 0.3) is 16.9 Å². The van der Waals surface area contributed by atoms with E-state index in [-0.39, 0.29) is 11.5 Å². The van der Waals surface area contributed by atoms with Crippen LogP contribution in [0.15, 0.2) is 18.5 Å². The van der Waals surface area contributed by atoms with Gasteiger partial charge in [-0.15, -0.1) is 0 Å². The molecule has 0 saturated heterocycles. The summed E-state index contributed by atoms with van der Waals surface area (Å²) >= 11 is 0. The lowest BCUT2D eigenvalue weighted by atomic mass is 10.2. The van der Waals surface area contributed by atoms with Crippen LogP contribution in [0, 0.1) is 11.6 Å². The number of nitrogens with two attached hydrogens (primary N) is 1. The zero-order valence-corrected chi connectivity index (χ0v) is 12.3. The van der Waals surface area contributed by atoms with Crippen molar-refractivity contribution in [2.24, 2.45) is 0 Å². The lowest BCUT2D eigenvalue weighted by molar-refractivity contribution is 0.403. The Morgan fingerprint density at radius 1 is 1.26 bits per heavy atom. The van der Waals surface area contributed by atoms with Gasteiger partial charge in [-0.25, -0.2) is 23.3 Å². The zero-order valence-electron chi connectivity index (χ0n) is 12.3. The van der Waals surface area contributed by atoms with Crippen LogP contribution < -0.4 is 10.5 Å². The number of ether oxygens (including phenoxy) is 1. The van der Waals surface area contributed by atoms with Crippen LogP contribution in [0.1, 0.15) is 24.5 Å². The molecule has 0 unspecified atom stereocenters. The highest BCUT2D eigenvalue weighted by Gasteiger charge is 2.30. The Morgan fingerprint density at radius 3 is 2.74 bits per heavy atom. The van der Waals surface area contributed by atoms with Gasteiger partial charge in [-0.3, -0.25) is 0 Å². The van der Waals surface area contributed by atoms with Crippen LogP contribution in [0.4, 0.5) is 14.6 Å². The standard InChI is InChI=1S/C15H13F2N5O/c1-23-11-6-22-15(21-12(11)7-2-3-7)8(5-19-22)13-9(16)4-10(17)14(18)20-13/h4-7H,2-3H2,1H3,(H2,18,20). The molecule has 0 aromatic carbocycles. The molecule has 1 aliphatic carbocycles. The molecular formula is C15H13F2N5O. The average Bonchev–Trinajstić information content (AvgIpc) is 3.30. The van der Waals surface area contributed by atoms with Crippen molar-refractivity contribution in [3.63, 3.8) is 0 Å². The van der Waals surface area contributed by atoms with Crippen molar-refractivity contribution in [1.29, 1.82) is 0 Å². The molecule has 0 spiro atoms. The quantitative estimate of drug-likeness (QED) is 0.803. The fourth-order valence-corrected chi connectivity index (χ4v) is 2.55. The number of halogens is 2. The van der Waals surface area contributed by atoms with Crippen LogP contribution in [-0.4, -0.2) is 26.7 Å². The Labute approximate surface area is 129 Å². The molecule has 2 N–H and O–H groups in total. The van der Waals surface area contributed by atoms with Gasteiger partial charge in [-0.1, -0.05) is 0 Å². The number of methoxy groups -OCH3 is 1. The molecule has 4 rings (SSSR count). The molecule has 3 heterocycles. The maximum absolute atomic E-state index is 14.1. The van der Waals surface area contributed by atoms with E-state index < -0.39 is 11.6 Å². The molecule has 1 fully saturated rings. The lowest BCUT2D eigenvalue weighted by Crippen LogP contribution is -2.02. The third-order valence-electron chi connectivity index (χ3n) is 3.88. The smallest absolute Gasteiger partial charge is 0.168 e. The van der Waals surface area contributed by atoms with E-state index in [1.807, 2.05) is 0 Å². The predicted octanol–water partition coefficient (Wildman–Crippen LogP) is 2.54. The summed E-state index contributed by atoms with van der Waals surface area (Å²) in [7, 11) is 1.57. The van der Waals surface area contributed by atoms with E-state index in [2.05, 4.69) is 15.1 Å². The van der Waals surface area contributed by atoms with Gasteiger partial charge in [0.2, 0.25) is 0 Å². The molecule has 0 bridgehead atoms. The van der Waals surface area contributed by atoms with Crippen molar-refractivity contribution in [2.45, 2.75) is 18.8 Å². The molecular weight excluding hydrogens is 304 g/mol. The molecule has 0 radical (unpaired) electrons. The number of anilines is 1. The summed E-state index contributed by atoms with van der Waals surface area (Å²) < 4.78 is 34.2. The minimum atomic E-state index is -0.893. The molecule has 118 valence electrons. The minimum Gasteiger partial charge on any atom is -0.493 e. The van der Waals surface area contributed by atoms with E-state index in [1.165, 1.54) is 10.7 Å². The summed E-state index contributed by atoms with van der Waals surface area (Å²) in [5.41, 5.74) is 6.99. The maximum Gasteiger partial charge on any atom is 0.168 e. The SMILES string of the molecule is COc1cn2ncc(-c3nc(N)c(F)cc3F)c2nc1C1CC1. The third-order valence-corrected chi connectivity index (χ3v) is 3.88. The second kappa shape index (κ2) is 4.87. The number of rotatable bonds is 3. The van der Waals surface area contributed by atoms with Gasteiger partial charge < -0.3 is 10.5 Å². The highest BCUT2D eigenvalue weighted by atomic mass is 19.1. The van der Waals surface area contributed by atoms with Gasteiger partial charge in [0.05, 0.1) is 30.8 Å². The van der Waals surface area contributed by atoms with Crippen molar-refractivity contribution in [1.82, 2.24) is 19.6 Å². The molecule has 6 nitrogen and oxygen atoms in total. The van der Waals surface area contributed by atoms with Crippen LogP contribution in [-0.2, 0) is 0 Å². The Morgan fingerprint density at radius 2 is 2.04 bits per heavy atom. The van der Waals surface area contributed by atoms with Crippen molar-refractivity contribution >= 4 is 11.5 Å². The predicted molar refractivity (Wildman–Crippen MR) is 79.1 cm³/mol. The first-order valence-corrected chi connectivity index (χ1v) is 7.12. The van der Waals surface area contributed by atoms with Crippen molar-refractivity contribution in [3.05, 3.63) is 35.8 Å². The van der Waals surface area contributed by atoms with Gasteiger partial charge in [0.15, 0.2) is 28.8 Å². The van der Waals surface area contributed by atoms with Gasteiger partial charge in [-0.2, -0.15) is 5.10 Å². The fraction of sp³-hybridized carbons (Fsp3) is 0.267. The van der Waals surface area contributed by atoms with E-state index in [0.717, 1.165) is 18.5 Å². The number of aromatic nitrogens is 4. The molecule has 0 atom stereocenters. The fourth-order valence-electron chi connectivity index (χ4n) is 2.55. The van der Waals surface area contributed by atoms with Crippen molar-refractivity contribution in [3.8, 4) is 17.0 Å². The molecule has 3 aromatic heterocycles. The highest BCUT2D eigenvalue weighted by Crippen LogP contribution is 2.43. The largest absolute Gasteiger partial charge is 0.493 e. The molecule has 1 saturated carbocycles. The molecule has 3 aromatic rings. The highest BCUT2D eigenvalue weighted by molar-refractivity contribution is 5.76. The van der Waals surface area contributed by atoms with Gasteiger partial charge in [0, 0.05) is 12.0 Å². The Balaban J connectivity index is 1.94. The second-order valence-electron chi connectivity index (χ2n) is 5.48. The third kappa shape index (κ3) is 2.18. The first-order valence-electron chi connectivity index (χ1n) is 7.12. The summed E-state index contributed by atoms with van der Waals surface area (Å²) in [5.74, 6) is -1.08. The molecule has 0 aliphatic heterocycles. The second-order valence-corrected chi connectivity index (χ2v) is 5.48. The Hall–Kier alpha value is -2.77. The van der Waals surface area contributed by atoms with E-state index in [4.69, 9.17) is 10.5 Å². The Bertz CT molecular complexity index is 920. The van der Waals surface area contributed by atoms with Crippen molar-refractivity contribution in [2.75, 3.05) is 12.8 Å².